The smallest absolute Gasteiger partial charge is 0.408 e. The van der Waals surface area contributed by atoms with E-state index in [9.17, 15) is 9.59 Å². The van der Waals surface area contributed by atoms with Crippen LogP contribution in [0.5, 0.6) is 0 Å². The average Bonchev–Trinajstić information content (AvgIpc) is 2.71. The van der Waals surface area contributed by atoms with E-state index < -0.39 is 23.7 Å². The van der Waals surface area contributed by atoms with Crippen molar-refractivity contribution in [2.75, 3.05) is 5.75 Å². The van der Waals surface area contributed by atoms with Gasteiger partial charge in [0.1, 0.15) is 16.7 Å². The second kappa shape index (κ2) is 7.81. The number of aromatic nitrogens is 2. The molecule has 0 spiro atoms. The lowest BCUT2D eigenvalue weighted by atomic mass is 10.2. The Morgan fingerprint density at radius 3 is 2.62 bits per heavy atom. The zero-order valence-corrected chi connectivity index (χ0v) is 14.1. The highest BCUT2D eigenvalue weighted by atomic mass is 35.5. The minimum Gasteiger partial charge on any atom is -0.480 e. The van der Waals surface area contributed by atoms with Crippen molar-refractivity contribution in [1.29, 1.82) is 0 Å². The Hall–Kier alpha value is -1.06. The maximum absolute atomic E-state index is 11.6. The predicted octanol–water partition coefficient (Wildman–Crippen LogP) is 2.40. The van der Waals surface area contributed by atoms with Crippen molar-refractivity contribution in [1.82, 2.24) is 15.5 Å². The summed E-state index contributed by atoms with van der Waals surface area (Å²) >= 11 is 8.20. The molecule has 0 saturated heterocycles. The van der Waals surface area contributed by atoms with Gasteiger partial charge in [-0.3, -0.25) is 0 Å². The van der Waals surface area contributed by atoms with Gasteiger partial charge in [0.15, 0.2) is 0 Å². The maximum atomic E-state index is 11.6. The molecule has 1 amide bonds. The summed E-state index contributed by atoms with van der Waals surface area (Å²) in [5, 5.41) is 19.6. The summed E-state index contributed by atoms with van der Waals surface area (Å²) < 4.78 is 5.37. The molecule has 1 heterocycles. The molecule has 0 saturated carbocycles. The summed E-state index contributed by atoms with van der Waals surface area (Å²) in [6.07, 6.45) is -0.755. The van der Waals surface area contributed by atoms with Crippen LogP contribution in [0.15, 0.2) is 0 Å². The lowest BCUT2D eigenvalue weighted by Gasteiger charge is -2.21. The van der Waals surface area contributed by atoms with Crippen LogP contribution in [-0.4, -0.2) is 44.8 Å². The largest absolute Gasteiger partial charge is 0.480 e. The van der Waals surface area contributed by atoms with Crippen molar-refractivity contribution in [3.05, 3.63) is 9.47 Å². The van der Waals surface area contributed by atoms with E-state index >= 15 is 0 Å². The Morgan fingerprint density at radius 1 is 1.48 bits per heavy atom. The van der Waals surface area contributed by atoms with Crippen LogP contribution in [0.4, 0.5) is 4.79 Å². The fourth-order valence-corrected chi connectivity index (χ4v) is 3.14. The molecule has 10 heteroatoms. The van der Waals surface area contributed by atoms with Gasteiger partial charge in [-0.25, -0.2) is 9.59 Å². The number of carbonyl (C=O) groups is 2. The summed E-state index contributed by atoms with van der Waals surface area (Å²) in [5.41, 5.74) is -0.677. The molecule has 21 heavy (non-hydrogen) atoms. The zero-order chi connectivity index (χ0) is 16.0. The number of nitrogens with one attached hydrogen (secondary N) is 1. The van der Waals surface area contributed by atoms with Gasteiger partial charge in [0.25, 0.3) is 0 Å². The number of alkyl carbamates (subject to hydrolysis) is 1. The predicted molar refractivity (Wildman–Crippen MR) is 81.9 cm³/mol. The van der Waals surface area contributed by atoms with Crippen LogP contribution in [0.1, 0.15) is 25.8 Å². The van der Waals surface area contributed by atoms with E-state index in [-0.39, 0.29) is 5.75 Å². The van der Waals surface area contributed by atoms with Crippen LogP contribution in [0.3, 0.4) is 0 Å². The molecular weight excluding hydrogens is 338 g/mol. The monoisotopic (exact) mass is 353 g/mol. The first kappa shape index (κ1) is 18.0. The first-order valence-corrected chi connectivity index (χ1v) is 8.30. The average molecular weight is 354 g/mol. The number of halogens is 1. The number of aliphatic carboxylic acids is 1. The second-order valence-electron chi connectivity index (χ2n) is 5.00. The minimum atomic E-state index is -1.12. The summed E-state index contributed by atoms with van der Waals surface area (Å²) in [7, 11) is 0. The van der Waals surface area contributed by atoms with E-state index in [0.717, 1.165) is 0 Å². The van der Waals surface area contributed by atoms with Crippen molar-refractivity contribution in [3.63, 3.8) is 0 Å². The van der Waals surface area contributed by atoms with Gasteiger partial charge >= 0.3 is 12.1 Å². The number of carboxylic acid groups (broad SMARTS) is 1. The molecule has 0 fully saturated rings. The van der Waals surface area contributed by atoms with Gasteiger partial charge in [0.2, 0.25) is 4.47 Å². The topological polar surface area (TPSA) is 101 Å². The van der Waals surface area contributed by atoms with Crippen LogP contribution >= 0.6 is 34.7 Å². The minimum absolute atomic E-state index is 0.186. The van der Waals surface area contributed by atoms with Crippen LogP contribution in [-0.2, 0) is 15.3 Å². The molecule has 0 aliphatic carbocycles. The number of nitrogens with zero attached hydrogens (tertiary/aromatic N) is 2. The third-order valence-corrected chi connectivity index (χ3v) is 4.19. The summed E-state index contributed by atoms with van der Waals surface area (Å²) in [5.74, 6) is -0.459. The molecule has 7 nitrogen and oxygen atoms in total. The zero-order valence-electron chi connectivity index (χ0n) is 11.8. The second-order valence-corrected chi connectivity index (χ2v) is 7.68. The molecule has 0 aliphatic rings. The molecule has 2 N–H and O–H groups in total. The highest BCUT2D eigenvalue weighted by Crippen LogP contribution is 2.20. The molecule has 0 aliphatic heterocycles. The number of carboxylic acids is 1. The van der Waals surface area contributed by atoms with E-state index in [4.69, 9.17) is 21.4 Å². The summed E-state index contributed by atoms with van der Waals surface area (Å²) in [6, 6.07) is -1.03. The number of thioether (sulfide) groups is 1. The van der Waals surface area contributed by atoms with Crippen LogP contribution in [0.2, 0.25) is 4.47 Å². The molecule has 0 aromatic carbocycles. The molecular formula is C11H16ClN3O4S2. The number of rotatable bonds is 6. The fraction of sp³-hybridized carbons (Fsp3) is 0.636. The van der Waals surface area contributed by atoms with Crippen molar-refractivity contribution in [2.45, 2.75) is 38.2 Å². The molecule has 1 aromatic heterocycles. The Balaban J connectivity index is 2.43. The van der Waals surface area contributed by atoms with Gasteiger partial charge in [-0.1, -0.05) is 11.3 Å². The molecule has 1 aromatic rings. The molecule has 0 bridgehead atoms. The van der Waals surface area contributed by atoms with Crippen molar-refractivity contribution in [2.24, 2.45) is 0 Å². The number of hydrogen-bond acceptors (Lipinski definition) is 7. The van der Waals surface area contributed by atoms with E-state index in [2.05, 4.69) is 15.5 Å². The van der Waals surface area contributed by atoms with Gasteiger partial charge < -0.3 is 15.2 Å². The standard InChI is InChI=1S/C11H16ClN3O4S2/c1-11(2,3)19-10(18)13-6(8(16)17)4-20-5-7-14-15-9(12)21-7/h6H,4-5H2,1-3H3,(H,13,18)(H,16,17). The van der Waals surface area contributed by atoms with Crippen molar-refractivity contribution in [3.8, 4) is 0 Å². The van der Waals surface area contributed by atoms with Gasteiger partial charge in [0, 0.05) is 11.5 Å². The molecule has 118 valence electrons. The fourth-order valence-electron chi connectivity index (χ4n) is 1.18. The van der Waals surface area contributed by atoms with E-state index in [1.54, 1.807) is 20.8 Å². The highest BCUT2D eigenvalue weighted by molar-refractivity contribution is 7.98. The Morgan fingerprint density at radius 2 is 2.14 bits per heavy atom. The number of ether oxygens (including phenoxy) is 1. The summed E-state index contributed by atoms with van der Waals surface area (Å²) in [4.78, 5) is 22.7. The Kier molecular flexibility index (Phi) is 6.69. The quantitative estimate of drug-likeness (QED) is 0.809. The Bertz CT molecular complexity index is 504. The third kappa shape index (κ3) is 7.49. The van der Waals surface area contributed by atoms with Crippen LogP contribution in [0.25, 0.3) is 0 Å². The van der Waals surface area contributed by atoms with Gasteiger partial charge in [0.05, 0.1) is 0 Å². The third-order valence-electron chi connectivity index (χ3n) is 1.94. The van der Waals surface area contributed by atoms with Gasteiger partial charge in [-0.2, -0.15) is 11.8 Å². The van der Waals surface area contributed by atoms with Crippen molar-refractivity contribution >= 4 is 46.8 Å². The normalized spacial score (nSPS) is 12.8. The number of hydrogen-bond donors (Lipinski definition) is 2. The lowest BCUT2D eigenvalue weighted by Crippen LogP contribution is -2.44. The first-order valence-electron chi connectivity index (χ1n) is 5.95. The van der Waals surface area contributed by atoms with E-state index in [1.807, 2.05) is 0 Å². The first-order chi connectivity index (χ1) is 9.67. The summed E-state index contributed by atoms with van der Waals surface area (Å²) in [6.45, 7) is 5.11. The van der Waals surface area contributed by atoms with Gasteiger partial charge in [-0.15, -0.1) is 10.2 Å². The van der Waals surface area contributed by atoms with Crippen LogP contribution < -0.4 is 5.32 Å². The maximum Gasteiger partial charge on any atom is 0.408 e. The van der Waals surface area contributed by atoms with E-state index in [1.165, 1.54) is 23.1 Å². The number of amides is 1. The molecule has 1 unspecified atom stereocenters. The molecule has 1 rings (SSSR count). The van der Waals surface area contributed by atoms with Gasteiger partial charge in [-0.05, 0) is 32.4 Å². The van der Waals surface area contributed by atoms with E-state index in [0.29, 0.717) is 15.2 Å². The van der Waals surface area contributed by atoms with Crippen molar-refractivity contribution < 1.29 is 19.4 Å². The molecule has 1 atom stereocenters. The SMILES string of the molecule is CC(C)(C)OC(=O)NC(CSCc1nnc(Cl)s1)C(=O)O. The lowest BCUT2D eigenvalue weighted by molar-refractivity contribution is -0.138. The highest BCUT2D eigenvalue weighted by Gasteiger charge is 2.24. The Labute approximate surface area is 135 Å². The van der Waals surface area contributed by atoms with Crippen LogP contribution in [0, 0.1) is 0 Å². The molecule has 0 radical (unpaired) electrons. The number of carbonyl (C=O) groups excluding carboxylic acids is 1.